The predicted molar refractivity (Wildman–Crippen MR) is 116 cm³/mol. The van der Waals surface area contributed by atoms with Crippen molar-refractivity contribution in [3.63, 3.8) is 0 Å². The van der Waals surface area contributed by atoms with Crippen LogP contribution in [0, 0.1) is 10.1 Å². The summed E-state index contributed by atoms with van der Waals surface area (Å²) in [5.41, 5.74) is 0.768. The Balaban J connectivity index is 1.93. The summed E-state index contributed by atoms with van der Waals surface area (Å²) in [7, 11) is 0. The topological polar surface area (TPSA) is 101 Å². The van der Waals surface area contributed by atoms with E-state index in [1.165, 1.54) is 35.6 Å². The minimum Gasteiger partial charge on any atom is -0.320 e. The largest absolute Gasteiger partial charge is 0.320 e. The van der Waals surface area contributed by atoms with Gasteiger partial charge in [0.15, 0.2) is 0 Å². The smallest absolute Gasteiger partial charge is 0.272 e. The number of para-hydroxylation sites is 1. The Kier molecular flexibility index (Phi) is 6.53. The predicted octanol–water partition coefficient (Wildman–Crippen LogP) is 4.83. The molecule has 3 rings (SSSR count). The molecule has 0 unspecified atom stereocenters. The normalized spacial score (nSPS) is 11.0. The lowest BCUT2D eigenvalue weighted by atomic mass is 10.1. The number of nitro groups is 1. The molecule has 146 valence electrons. The molecule has 0 saturated heterocycles. The fourth-order valence-corrected chi connectivity index (χ4v) is 3.40. The van der Waals surface area contributed by atoms with Gasteiger partial charge >= 0.3 is 0 Å². The second-order valence-corrected chi connectivity index (χ2v) is 7.58. The van der Waals surface area contributed by atoms with E-state index in [4.69, 9.17) is 0 Å². The van der Waals surface area contributed by atoms with Gasteiger partial charge in [0.25, 0.3) is 17.5 Å². The molecule has 0 aliphatic carbocycles. The Morgan fingerprint density at radius 3 is 2.55 bits per heavy atom. The van der Waals surface area contributed by atoms with E-state index >= 15 is 0 Å². The van der Waals surface area contributed by atoms with Crippen LogP contribution in [0.1, 0.15) is 15.2 Å². The van der Waals surface area contributed by atoms with Gasteiger partial charge in [-0.25, -0.2) is 0 Å². The van der Waals surface area contributed by atoms with Gasteiger partial charge in [-0.05, 0) is 51.1 Å². The maximum atomic E-state index is 12.8. The van der Waals surface area contributed by atoms with Gasteiger partial charge in [0, 0.05) is 16.6 Å². The number of carbonyl (C=O) groups is 2. The molecule has 0 atom stereocenters. The third kappa shape index (κ3) is 5.37. The molecule has 0 aliphatic heterocycles. The molecule has 1 aromatic heterocycles. The van der Waals surface area contributed by atoms with Crippen molar-refractivity contribution in [2.45, 2.75) is 0 Å². The fraction of sp³-hybridized carbons (Fsp3) is 0. The van der Waals surface area contributed by atoms with E-state index in [1.54, 1.807) is 47.8 Å². The number of benzene rings is 2. The number of hydrogen-bond donors (Lipinski definition) is 2. The number of amides is 2. The number of hydrogen-bond acceptors (Lipinski definition) is 5. The van der Waals surface area contributed by atoms with Crippen molar-refractivity contribution < 1.29 is 14.5 Å². The van der Waals surface area contributed by atoms with E-state index in [0.29, 0.717) is 20.6 Å². The van der Waals surface area contributed by atoms with Crippen LogP contribution in [0.15, 0.2) is 76.2 Å². The Labute approximate surface area is 178 Å². The molecule has 0 aliphatic rings. The summed E-state index contributed by atoms with van der Waals surface area (Å²) in [5, 5.41) is 18.1. The van der Waals surface area contributed by atoms with Crippen LogP contribution in [0.5, 0.6) is 0 Å². The minimum atomic E-state index is -0.562. The number of non-ortho nitro benzene ring substituents is 1. The maximum absolute atomic E-state index is 12.8. The lowest BCUT2D eigenvalue weighted by molar-refractivity contribution is -0.384. The standard InChI is InChI=1S/C20H14BrN3O4S/c21-15-7-1-2-8-16(15)22-19(25)17(23-20(26)18-9-4-10-29-18)12-13-5-3-6-14(11-13)24(27)28/h1-12H,(H,22,25)(H,23,26). The molecule has 2 amide bonds. The van der Waals surface area contributed by atoms with Crippen molar-refractivity contribution >= 4 is 56.5 Å². The highest BCUT2D eigenvalue weighted by atomic mass is 79.9. The second kappa shape index (κ2) is 9.26. The third-order valence-corrected chi connectivity index (χ3v) is 5.31. The van der Waals surface area contributed by atoms with Crippen molar-refractivity contribution in [2.75, 3.05) is 5.32 Å². The van der Waals surface area contributed by atoms with Crippen LogP contribution in [0.25, 0.3) is 6.08 Å². The zero-order valence-corrected chi connectivity index (χ0v) is 17.2. The molecule has 0 radical (unpaired) electrons. The summed E-state index contributed by atoms with van der Waals surface area (Å²) in [6.45, 7) is 0. The second-order valence-electron chi connectivity index (χ2n) is 5.78. The maximum Gasteiger partial charge on any atom is 0.272 e. The van der Waals surface area contributed by atoms with E-state index in [1.807, 2.05) is 0 Å². The number of carbonyl (C=O) groups excluding carboxylic acids is 2. The van der Waals surface area contributed by atoms with Gasteiger partial charge in [-0.1, -0.05) is 30.3 Å². The summed E-state index contributed by atoms with van der Waals surface area (Å²) < 4.78 is 0.674. The SMILES string of the molecule is O=C(Nc1ccccc1Br)C(=Cc1cccc([N+](=O)[O-])c1)NC(=O)c1cccs1. The van der Waals surface area contributed by atoms with Crippen molar-refractivity contribution in [1.82, 2.24) is 5.32 Å². The number of anilines is 1. The van der Waals surface area contributed by atoms with Crippen LogP contribution in [-0.2, 0) is 4.79 Å². The van der Waals surface area contributed by atoms with Crippen LogP contribution in [0.4, 0.5) is 11.4 Å². The lowest BCUT2D eigenvalue weighted by Gasteiger charge is -2.11. The van der Waals surface area contributed by atoms with Crippen LogP contribution in [-0.4, -0.2) is 16.7 Å². The molecule has 0 fully saturated rings. The summed E-state index contributed by atoms with van der Waals surface area (Å²) in [6.07, 6.45) is 1.39. The van der Waals surface area contributed by atoms with Gasteiger partial charge in [-0.2, -0.15) is 0 Å². The number of nitrogens with zero attached hydrogens (tertiary/aromatic N) is 1. The van der Waals surface area contributed by atoms with Gasteiger partial charge in [-0.15, -0.1) is 11.3 Å². The summed E-state index contributed by atoms with van der Waals surface area (Å²) in [4.78, 5) is 36.2. The fourth-order valence-electron chi connectivity index (χ4n) is 2.40. The van der Waals surface area contributed by atoms with Gasteiger partial charge in [-0.3, -0.25) is 19.7 Å². The Hall–Kier alpha value is -3.30. The van der Waals surface area contributed by atoms with Crippen molar-refractivity contribution in [2.24, 2.45) is 0 Å². The summed E-state index contributed by atoms with van der Waals surface area (Å²) >= 11 is 4.59. The highest BCUT2D eigenvalue weighted by Gasteiger charge is 2.17. The number of rotatable bonds is 6. The van der Waals surface area contributed by atoms with E-state index in [2.05, 4.69) is 26.6 Å². The molecule has 0 saturated carbocycles. The van der Waals surface area contributed by atoms with Gasteiger partial charge in [0.2, 0.25) is 0 Å². The van der Waals surface area contributed by atoms with Crippen molar-refractivity contribution in [1.29, 1.82) is 0 Å². The Morgan fingerprint density at radius 2 is 1.86 bits per heavy atom. The molecular formula is C20H14BrN3O4S. The highest BCUT2D eigenvalue weighted by molar-refractivity contribution is 9.10. The van der Waals surface area contributed by atoms with E-state index in [-0.39, 0.29) is 11.4 Å². The first-order valence-corrected chi connectivity index (χ1v) is 9.98. The molecule has 9 heteroatoms. The first-order chi connectivity index (χ1) is 13.9. The lowest BCUT2D eigenvalue weighted by Crippen LogP contribution is -2.30. The molecule has 0 spiro atoms. The van der Waals surface area contributed by atoms with Crippen LogP contribution in [0.3, 0.4) is 0 Å². The minimum absolute atomic E-state index is 0.0420. The number of thiophene rings is 1. The van der Waals surface area contributed by atoms with Crippen LogP contribution in [0.2, 0.25) is 0 Å². The Morgan fingerprint density at radius 1 is 1.07 bits per heavy atom. The van der Waals surface area contributed by atoms with Gasteiger partial charge < -0.3 is 10.6 Å². The average Bonchev–Trinajstić information content (AvgIpc) is 3.24. The molecule has 3 aromatic rings. The van der Waals surface area contributed by atoms with Crippen molar-refractivity contribution in [3.05, 3.63) is 96.8 Å². The van der Waals surface area contributed by atoms with E-state index in [0.717, 1.165) is 0 Å². The molecule has 29 heavy (non-hydrogen) atoms. The molecule has 2 N–H and O–H groups in total. The molecule has 7 nitrogen and oxygen atoms in total. The van der Waals surface area contributed by atoms with Crippen LogP contribution >= 0.6 is 27.3 Å². The van der Waals surface area contributed by atoms with E-state index in [9.17, 15) is 19.7 Å². The molecule has 1 heterocycles. The number of nitro benzene ring substituents is 1. The molecule has 0 bridgehead atoms. The van der Waals surface area contributed by atoms with Crippen molar-refractivity contribution in [3.8, 4) is 0 Å². The Bertz CT molecular complexity index is 1100. The third-order valence-electron chi connectivity index (χ3n) is 3.75. The van der Waals surface area contributed by atoms with Crippen LogP contribution < -0.4 is 10.6 Å². The summed E-state index contributed by atoms with van der Waals surface area (Å²) in [5.74, 6) is -1.01. The first kappa shape index (κ1) is 20.4. The highest BCUT2D eigenvalue weighted by Crippen LogP contribution is 2.22. The summed E-state index contributed by atoms with van der Waals surface area (Å²) in [6, 6.07) is 16.2. The van der Waals surface area contributed by atoms with Gasteiger partial charge in [0.1, 0.15) is 5.70 Å². The first-order valence-electron chi connectivity index (χ1n) is 8.31. The van der Waals surface area contributed by atoms with Gasteiger partial charge in [0.05, 0.1) is 15.5 Å². The molecule has 2 aromatic carbocycles. The monoisotopic (exact) mass is 471 g/mol. The number of nitrogens with one attached hydrogen (secondary N) is 2. The molecular weight excluding hydrogens is 458 g/mol. The zero-order valence-electron chi connectivity index (χ0n) is 14.8. The zero-order chi connectivity index (χ0) is 20.8. The number of halogens is 1. The average molecular weight is 472 g/mol. The van der Waals surface area contributed by atoms with E-state index < -0.39 is 16.7 Å². The quantitative estimate of drug-likeness (QED) is 0.305.